The standard InChI is InChI=1S/C22H21FN4OS/c1-25(14-18-9-11-19(23)12-10-18)16-27-22(29)26(15-17-6-3-2-4-7-17)21(24-27)20-8-5-13-28-20/h2-13H,14-16H2,1H3/p+1. The van der Waals surface area contributed by atoms with E-state index in [-0.39, 0.29) is 5.82 Å². The van der Waals surface area contributed by atoms with Crippen molar-refractivity contribution >= 4 is 12.2 Å². The second-order valence-electron chi connectivity index (χ2n) is 7.07. The topological polar surface area (TPSA) is 40.3 Å². The number of hydrogen-bond donors (Lipinski definition) is 1. The first kappa shape index (κ1) is 19.3. The number of aromatic nitrogens is 3. The number of benzene rings is 2. The molecule has 0 radical (unpaired) electrons. The summed E-state index contributed by atoms with van der Waals surface area (Å²) in [6.45, 7) is 1.95. The first-order chi connectivity index (χ1) is 14.1. The van der Waals surface area contributed by atoms with Gasteiger partial charge in [0.1, 0.15) is 12.4 Å². The summed E-state index contributed by atoms with van der Waals surface area (Å²) in [5.41, 5.74) is 2.20. The van der Waals surface area contributed by atoms with Gasteiger partial charge < -0.3 is 9.32 Å². The molecule has 1 atom stereocenters. The van der Waals surface area contributed by atoms with Crippen molar-refractivity contribution in [2.75, 3.05) is 7.05 Å². The van der Waals surface area contributed by atoms with Crippen LogP contribution in [0.5, 0.6) is 0 Å². The van der Waals surface area contributed by atoms with Gasteiger partial charge in [-0.2, -0.15) is 4.68 Å². The number of hydrogen-bond acceptors (Lipinski definition) is 3. The van der Waals surface area contributed by atoms with Crippen LogP contribution in [0.15, 0.2) is 77.4 Å². The number of nitrogens with one attached hydrogen (secondary N) is 1. The van der Waals surface area contributed by atoms with E-state index in [4.69, 9.17) is 21.7 Å². The average molecular weight is 410 g/mol. The number of nitrogens with zero attached hydrogens (tertiary/aromatic N) is 3. The van der Waals surface area contributed by atoms with E-state index < -0.39 is 0 Å². The molecule has 4 aromatic rings. The molecule has 0 fully saturated rings. The Hall–Kier alpha value is -3.03. The first-order valence-corrected chi connectivity index (χ1v) is 9.82. The van der Waals surface area contributed by atoms with Crippen molar-refractivity contribution in [1.82, 2.24) is 14.3 Å². The van der Waals surface area contributed by atoms with Gasteiger partial charge in [-0.05, 0) is 42.0 Å². The minimum atomic E-state index is -0.226. The van der Waals surface area contributed by atoms with E-state index in [0.717, 1.165) is 17.7 Å². The van der Waals surface area contributed by atoms with Crippen molar-refractivity contribution in [3.8, 4) is 11.6 Å². The van der Waals surface area contributed by atoms with Gasteiger partial charge >= 0.3 is 0 Å². The van der Waals surface area contributed by atoms with Gasteiger partial charge in [0.05, 0.1) is 19.9 Å². The maximum absolute atomic E-state index is 13.1. The zero-order chi connectivity index (χ0) is 20.2. The molecule has 0 amide bonds. The molecule has 0 saturated heterocycles. The van der Waals surface area contributed by atoms with E-state index in [1.807, 2.05) is 39.6 Å². The van der Waals surface area contributed by atoms with Crippen LogP contribution < -0.4 is 4.90 Å². The minimum Gasteiger partial charge on any atom is -0.461 e. The van der Waals surface area contributed by atoms with Gasteiger partial charge in [-0.25, -0.2) is 4.39 Å². The van der Waals surface area contributed by atoms with E-state index in [9.17, 15) is 4.39 Å². The Bertz CT molecular complexity index is 1120. The van der Waals surface area contributed by atoms with Crippen LogP contribution in [0.3, 0.4) is 0 Å². The summed E-state index contributed by atoms with van der Waals surface area (Å²) < 4.78 is 23.2. The quantitative estimate of drug-likeness (QED) is 0.475. The molecule has 0 aliphatic carbocycles. The van der Waals surface area contributed by atoms with Gasteiger partial charge in [-0.3, -0.25) is 4.57 Å². The predicted molar refractivity (Wildman–Crippen MR) is 111 cm³/mol. The Morgan fingerprint density at radius 3 is 2.45 bits per heavy atom. The molecule has 0 aliphatic heterocycles. The molecule has 2 heterocycles. The highest BCUT2D eigenvalue weighted by atomic mass is 32.1. The number of halogens is 1. The normalized spacial score (nSPS) is 12.2. The molecular weight excluding hydrogens is 387 g/mol. The lowest BCUT2D eigenvalue weighted by molar-refractivity contribution is -0.917. The largest absolute Gasteiger partial charge is 0.461 e. The SMILES string of the molecule is C[NH+](Cc1ccc(F)cc1)Cn1nc(-c2ccco2)n(Cc2ccccc2)c1=S. The van der Waals surface area contributed by atoms with E-state index >= 15 is 0 Å². The van der Waals surface area contributed by atoms with Gasteiger partial charge in [0, 0.05) is 5.56 Å². The Labute approximate surface area is 173 Å². The predicted octanol–water partition coefficient (Wildman–Crippen LogP) is 3.53. The third-order valence-electron chi connectivity index (χ3n) is 4.69. The number of furan rings is 1. The highest BCUT2D eigenvalue weighted by Crippen LogP contribution is 2.20. The van der Waals surface area contributed by atoms with Gasteiger partial charge in [0.15, 0.2) is 18.3 Å². The van der Waals surface area contributed by atoms with Crippen LogP contribution in [-0.2, 0) is 19.8 Å². The highest BCUT2D eigenvalue weighted by Gasteiger charge is 2.17. The van der Waals surface area contributed by atoms with E-state index in [1.165, 1.54) is 17.0 Å². The van der Waals surface area contributed by atoms with Gasteiger partial charge in [-0.15, -0.1) is 5.10 Å². The van der Waals surface area contributed by atoms with Crippen LogP contribution in [0.1, 0.15) is 11.1 Å². The maximum atomic E-state index is 13.1. The zero-order valence-corrected chi connectivity index (χ0v) is 16.9. The summed E-state index contributed by atoms with van der Waals surface area (Å²) in [6, 6.07) is 20.5. The average Bonchev–Trinajstić information content (AvgIpc) is 3.35. The molecular formula is C22H22FN4OS+. The second-order valence-corrected chi connectivity index (χ2v) is 7.44. The fourth-order valence-corrected chi connectivity index (χ4v) is 3.56. The van der Waals surface area contributed by atoms with Gasteiger partial charge in [0.2, 0.25) is 4.77 Å². The van der Waals surface area contributed by atoms with Crippen molar-refractivity contribution in [3.05, 3.63) is 94.7 Å². The molecule has 0 bridgehead atoms. The monoisotopic (exact) mass is 409 g/mol. The Morgan fingerprint density at radius 2 is 1.76 bits per heavy atom. The fourth-order valence-electron chi connectivity index (χ4n) is 3.30. The molecule has 7 heteroatoms. The second kappa shape index (κ2) is 8.55. The lowest BCUT2D eigenvalue weighted by atomic mass is 10.2. The highest BCUT2D eigenvalue weighted by molar-refractivity contribution is 7.71. The molecule has 4 rings (SSSR count). The lowest BCUT2D eigenvalue weighted by Gasteiger charge is -2.13. The molecule has 2 aromatic heterocycles. The first-order valence-electron chi connectivity index (χ1n) is 9.41. The maximum Gasteiger partial charge on any atom is 0.203 e. The Balaban J connectivity index is 1.61. The van der Waals surface area contributed by atoms with Gasteiger partial charge in [-0.1, -0.05) is 42.5 Å². The van der Waals surface area contributed by atoms with E-state index in [1.54, 1.807) is 18.4 Å². The van der Waals surface area contributed by atoms with Crippen LogP contribution in [-0.4, -0.2) is 21.4 Å². The third kappa shape index (κ3) is 4.52. The molecule has 148 valence electrons. The minimum absolute atomic E-state index is 0.226. The van der Waals surface area contributed by atoms with Crippen LogP contribution in [0.4, 0.5) is 4.39 Å². The molecule has 29 heavy (non-hydrogen) atoms. The van der Waals surface area contributed by atoms with Gasteiger partial charge in [0.25, 0.3) is 0 Å². The third-order valence-corrected chi connectivity index (χ3v) is 5.12. The summed E-state index contributed by atoms with van der Waals surface area (Å²) in [5, 5.41) is 4.74. The van der Waals surface area contributed by atoms with Crippen molar-refractivity contribution < 1.29 is 13.7 Å². The smallest absolute Gasteiger partial charge is 0.203 e. The molecule has 0 spiro atoms. The molecule has 1 N–H and O–H groups in total. The van der Waals surface area contributed by atoms with Crippen LogP contribution in [0, 0.1) is 10.6 Å². The Morgan fingerprint density at radius 1 is 1.00 bits per heavy atom. The van der Waals surface area contributed by atoms with Crippen molar-refractivity contribution in [2.24, 2.45) is 0 Å². The van der Waals surface area contributed by atoms with Crippen LogP contribution >= 0.6 is 12.2 Å². The van der Waals surface area contributed by atoms with Crippen LogP contribution in [0.25, 0.3) is 11.6 Å². The lowest BCUT2D eigenvalue weighted by Crippen LogP contribution is -3.07. The summed E-state index contributed by atoms with van der Waals surface area (Å²) in [7, 11) is 2.06. The molecule has 0 aliphatic rings. The van der Waals surface area contributed by atoms with E-state index in [0.29, 0.717) is 29.6 Å². The van der Waals surface area contributed by atoms with Crippen molar-refractivity contribution in [3.63, 3.8) is 0 Å². The molecule has 1 unspecified atom stereocenters. The molecule has 5 nitrogen and oxygen atoms in total. The summed E-state index contributed by atoms with van der Waals surface area (Å²) in [4.78, 5) is 1.18. The Kier molecular flexibility index (Phi) is 5.69. The fraction of sp³-hybridized carbons (Fsp3) is 0.182. The zero-order valence-electron chi connectivity index (χ0n) is 16.1. The summed E-state index contributed by atoms with van der Waals surface area (Å²) >= 11 is 5.74. The number of quaternary nitrogens is 1. The summed E-state index contributed by atoms with van der Waals surface area (Å²) in [6.07, 6.45) is 1.64. The number of rotatable bonds is 7. The van der Waals surface area contributed by atoms with Crippen LogP contribution in [0.2, 0.25) is 0 Å². The molecule has 2 aromatic carbocycles. The molecule has 0 saturated carbocycles. The summed E-state index contributed by atoms with van der Waals surface area (Å²) in [5.74, 6) is 1.16. The van der Waals surface area contributed by atoms with Crippen molar-refractivity contribution in [1.29, 1.82) is 0 Å². The van der Waals surface area contributed by atoms with Crippen molar-refractivity contribution in [2.45, 2.75) is 19.8 Å². The van der Waals surface area contributed by atoms with E-state index in [2.05, 4.69) is 19.2 Å².